The van der Waals surface area contributed by atoms with E-state index in [4.69, 9.17) is 14.1 Å². The van der Waals surface area contributed by atoms with E-state index in [0.29, 0.717) is 0 Å². The quantitative estimate of drug-likeness (QED) is 0.108. The fourth-order valence-corrected chi connectivity index (χ4v) is 8.30. The first-order valence-corrected chi connectivity index (χ1v) is 17.0. The maximum absolute atomic E-state index is 14.7. The Kier molecular flexibility index (Phi) is 7.93. The molecule has 5 aromatic rings. The van der Waals surface area contributed by atoms with Gasteiger partial charge in [0.25, 0.3) is 10.0 Å². The fourth-order valence-electron chi connectivity index (χ4n) is 6.98. The number of esters is 1. The molecule has 3 fully saturated rings. The van der Waals surface area contributed by atoms with Crippen LogP contribution in [0.1, 0.15) is 38.2 Å². The Bertz CT molecular complexity index is 2160. The van der Waals surface area contributed by atoms with E-state index >= 15 is 0 Å². The number of anilines is 1. The van der Waals surface area contributed by atoms with E-state index in [2.05, 4.69) is 15.3 Å². The van der Waals surface area contributed by atoms with Crippen LogP contribution >= 0.6 is 0 Å². The van der Waals surface area contributed by atoms with E-state index < -0.39 is 32.6 Å². The average molecular weight is 675 g/mol. The van der Waals surface area contributed by atoms with Gasteiger partial charge in [0.1, 0.15) is 22.3 Å². The van der Waals surface area contributed by atoms with Gasteiger partial charge in [0.05, 0.1) is 29.7 Å². The second kappa shape index (κ2) is 12.1. The van der Waals surface area contributed by atoms with Crippen LogP contribution in [0.4, 0.5) is 16.1 Å². The number of benzene rings is 1. The predicted octanol–water partition coefficient (Wildman–Crippen LogP) is 6.13. The molecule has 48 heavy (non-hydrogen) atoms. The first-order valence-electron chi connectivity index (χ1n) is 15.6. The highest BCUT2D eigenvalue weighted by Crippen LogP contribution is 2.47. The van der Waals surface area contributed by atoms with Gasteiger partial charge in [0, 0.05) is 29.3 Å². The number of nitro groups is 1. The van der Waals surface area contributed by atoms with Crippen LogP contribution in [0.25, 0.3) is 33.9 Å². The standard InChI is InChI=1S/C33H31FN6O7S/c1-3-46-33(41)29-19-6-8-20(9-7-19)30(29)37-27-15-25(26-12-13-28(47-26)40(42)43)36-31(38-27)24-17-39(32-23(24)14-21(34)16-35-32)48(44,45)22-10-4-18(2)5-11-22/h4-5,10-17,19-20,29-30H,3,6-9H2,1-2H3,(H,36,37,38)/t19?,20?,29-,30-/m0/s1. The third-order valence-electron chi connectivity index (χ3n) is 9.24. The maximum atomic E-state index is 14.7. The molecule has 3 aliphatic rings. The predicted molar refractivity (Wildman–Crippen MR) is 172 cm³/mol. The second-order valence-corrected chi connectivity index (χ2v) is 14.0. The molecule has 0 unspecified atom stereocenters. The summed E-state index contributed by atoms with van der Waals surface area (Å²) >= 11 is 0. The zero-order valence-electron chi connectivity index (χ0n) is 26.0. The molecule has 0 spiro atoms. The topological polar surface area (TPSA) is 172 Å². The van der Waals surface area contributed by atoms with Crippen molar-refractivity contribution >= 4 is 38.7 Å². The zero-order chi connectivity index (χ0) is 33.7. The number of ether oxygens (including phenoxy) is 1. The molecule has 248 valence electrons. The van der Waals surface area contributed by atoms with Crippen molar-refractivity contribution in [2.45, 2.75) is 50.5 Å². The van der Waals surface area contributed by atoms with Crippen LogP contribution in [-0.4, -0.2) is 50.9 Å². The van der Waals surface area contributed by atoms with Gasteiger partial charge >= 0.3 is 11.9 Å². The number of halogens is 1. The Hall–Kier alpha value is -5.18. The van der Waals surface area contributed by atoms with E-state index in [1.165, 1.54) is 30.5 Å². The Morgan fingerprint density at radius 2 is 1.83 bits per heavy atom. The maximum Gasteiger partial charge on any atom is 0.433 e. The largest absolute Gasteiger partial charge is 0.466 e. The molecule has 3 aliphatic carbocycles. The normalized spacial score (nSPS) is 20.6. The lowest BCUT2D eigenvalue weighted by Crippen LogP contribution is -2.52. The van der Waals surface area contributed by atoms with E-state index in [9.17, 15) is 27.7 Å². The van der Waals surface area contributed by atoms with Crippen molar-refractivity contribution in [3.8, 4) is 22.8 Å². The van der Waals surface area contributed by atoms with Crippen LogP contribution in [0.15, 0.2) is 70.2 Å². The number of pyridine rings is 1. The molecule has 13 nitrogen and oxygen atoms in total. The number of aryl methyl sites for hydroxylation is 1. The number of hydrogen-bond donors (Lipinski definition) is 1. The summed E-state index contributed by atoms with van der Waals surface area (Å²) < 4.78 is 54.3. The molecule has 0 saturated heterocycles. The summed E-state index contributed by atoms with van der Waals surface area (Å²) in [6, 6.07) is 11.3. The number of fused-ring (bicyclic) bond motifs is 4. The van der Waals surface area contributed by atoms with Crippen LogP contribution in [0, 0.1) is 40.6 Å². The molecule has 4 heterocycles. The van der Waals surface area contributed by atoms with Crippen molar-refractivity contribution in [2.75, 3.05) is 11.9 Å². The van der Waals surface area contributed by atoms with Crippen LogP contribution in [0.2, 0.25) is 0 Å². The van der Waals surface area contributed by atoms with Gasteiger partial charge in [-0.1, -0.05) is 17.7 Å². The minimum atomic E-state index is -4.20. The second-order valence-electron chi connectivity index (χ2n) is 12.2. The van der Waals surface area contributed by atoms with Crippen LogP contribution in [0.3, 0.4) is 0 Å². The number of hydrogen-bond acceptors (Lipinski definition) is 11. The van der Waals surface area contributed by atoms with Gasteiger partial charge in [0.2, 0.25) is 0 Å². The molecular weight excluding hydrogens is 643 g/mol. The molecule has 0 amide bonds. The third-order valence-corrected chi connectivity index (χ3v) is 10.9. The third kappa shape index (κ3) is 5.57. The summed E-state index contributed by atoms with van der Waals surface area (Å²) in [4.78, 5) is 37.4. The summed E-state index contributed by atoms with van der Waals surface area (Å²) in [5.74, 6) is -1.30. The number of rotatable bonds is 9. The van der Waals surface area contributed by atoms with E-state index in [-0.39, 0.29) is 75.0 Å². The number of carbonyl (C=O) groups is 1. The minimum Gasteiger partial charge on any atom is -0.466 e. The monoisotopic (exact) mass is 674 g/mol. The average Bonchev–Trinajstić information content (AvgIpc) is 3.72. The molecule has 0 aliphatic heterocycles. The van der Waals surface area contributed by atoms with Gasteiger partial charge in [-0.25, -0.2) is 31.7 Å². The molecule has 4 aromatic heterocycles. The lowest BCUT2D eigenvalue weighted by molar-refractivity contribution is -0.401. The Morgan fingerprint density at radius 3 is 2.52 bits per heavy atom. The summed E-state index contributed by atoms with van der Waals surface area (Å²) in [6.45, 7) is 3.85. The van der Waals surface area contributed by atoms with Crippen molar-refractivity contribution < 1.29 is 31.7 Å². The first-order chi connectivity index (χ1) is 23.0. The number of nitrogens with one attached hydrogen (secondary N) is 1. The number of aromatic nitrogens is 4. The Balaban J connectivity index is 1.39. The summed E-state index contributed by atoms with van der Waals surface area (Å²) in [5.41, 5.74) is 1.12. The van der Waals surface area contributed by atoms with Gasteiger partial charge in [-0.2, -0.15) is 0 Å². The van der Waals surface area contributed by atoms with Crippen LogP contribution in [0.5, 0.6) is 0 Å². The van der Waals surface area contributed by atoms with Gasteiger partial charge in [-0.05, 0) is 75.6 Å². The molecule has 2 bridgehead atoms. The van der Waals surface area contributed by atoms with Gasteiger partial charge in [-0.3, -0.25) is 14.9 Å². The number of carbonyl (C=O) groups excluding carboxylic acids is 1. The van der Waals surface area contributed by atoms with Gasteiger partial charge in [-0.15, -0.1) is 0 Å². The lowest BCUT2D eigenvalue weighted by atomic mass is 9.61. The van der Waals surface area contributed by atoms with Gasteiger partial charge in [0.15, 0.2) is 17.2 Å². The molecule has 0 radical (unpaired) electrons. The Labute approximate surface area is 274 Å². The Morgan fingerprint density at radius 1 is 1.10 bits per heavy atom. The molecule has 3 saturated carbocycles. The van der Waals surface area contributed by atoms with Crippen molar-refractivity contribution in [2.24, 2.45) is 17.8 Å². The summed E-state index contributed by atoms with van der Waals surface area (Å²) in [7, 11) is -4.20. The highest BCUT2D eigenvalue weighted by atomic mass is 32.2. The lowest BCUT2D eigenvalue weighted by Gasteiger charge is -2.47. The zero-order valence-corrected chi connectivity index (χ0v) is 26.8. The van der Waals surface area contributed by atoms with E-state index in [1.807, 2.05) is 6.92 Å². The number of furan rings is 1. The molecule has 8 rings (SSSR count). The number of nitrogens with zero attached hydrogens (tertiary/aromatic N) is 5. The first kappa shape index (κ1) is 31.4. The van der Waals surface area contributed by atoms with Crippen molar-refractivity contribution in [3.05, 3.63) is 82.4 Å². The van der Waals surface area contributed by atoms with Gasteiger partial charge < -0.3 is 14.5 Å². The molecule has 2 atom stereocenters. The molecular formula is C33H31FN6O7S. The molecule has 1 N–H and O–H groups in total. The SMILES string of the molecule is CCOC(=O)[C@H]1C2CCC(CC2)[C@@H]1Nc1cc(-c2ccc([N+](=O)[O-])o2)nc(-c2cn(S(=O)(=O)c3ccc(C)cc3)c3ncc(F)cc23)n1. The summed E-state index contributed by atoms with van der Waals surface area (Å²) in [6.07, 6.45) is 5.87. The van der Waals surface area contributed by atoms with E-state index in [1.54, 1.807) is 25.1 Å². The van der Waals surface area contributed by atoms with E-state index in [0.717, 1.165) is 47.5 Å². The summed E-state index contributed by atoms with van der Waals surface area (Å²) in [5, 5.41) is 15.0. The smallest absolute Gasteiger partial charge is 0.433 e. The molecule has 1 aromatic carbocycles. The molecule has 15 heteroatoms. The highest BCUT2D eigenvalue weighted by molar-refractivity contribution is 7.90. The highest BCUT2D eigenvalue weighted by Gasteiger charge is 2.48. The van der Waals surface area contributed by atoms with Crippen molar-refractivity contribution in [1.29, 1.82) is 0 Å². The van der Waals surface area contributed by atoms with Crippen molar-refractivity contribution in [1.82, 2.24) is 18.9 Å². The fraction of sp³-hybridized carbons (Fsp3) is 0.333. The minimum absolute atomic E-state index is 0.0000433. The van der Waals surface area contributed by atoms with Crippen LogP contribution < -0.4 is 5.32 Å². The van der Waals surface area contributed by atoms with Crippen LogP contribution in [-0.2, 0) is 19.6 Å². The van der Waals surface area contributed by atoms with Crippen molar-refractivity contribution in [3.63, 3.8) is 0 Å².